The van der Waals surface area contributed by atoms with Gasteiger partial charge in [0.2, 0.25) is 0 Å². The van der Waals surface area contributed by atoms with Crippen molar-refractivity contribution in [3.63, 3.8) is 0 Å². The van der Waals surface area contributed by atoms with Crippen molar-refractivity contribution in [1.29, 1.82) is 0 Å². The second-order valence-electron chi connectivity index (χ2n) is 6.76. The molecule has 1 aliphatic heterocycles. The number of nitrogens with zero attached hydrogens (tertiary/aromatic N) is 2. The average Bonchev–Trinajstić information content (AvgIpc) is 3.08. The number of carbonyl (C=O) groups is 1. The van der Waals surface area contributed by atoms with Crippen LogP contribution >= 0.6 is 47.3 Å². The van der Waals surface area contributed by atoms with Crippen LogP contribution in [0, 0.1) is 10.1 Å². The maximum absolute atomic E-state index is 13.0. The SMILES string of the molecule is COc1ccc(N2C(=O)/C(=C\c3ccc(Sc4ccc(Cl)cc4)c([N+](=O)[O-])c3)SC2=S)cc1. The topological polar surface area (TPSA) is 72.7 Å². The average molecular weight is 515 g/mol. The number of thioether (sulfide) groups is 1. The first-order chi connectivity index (χ1) is 15.9. The number of ether oxygens (including phenoxy) is 1. The Morgan fingerprint density at radius 3 is 2.45 bits per heavy atom. The summed E-state index contributed by atoms with van der Waals surface area (Å²) in [5.74, 6) is 0.390. The molecule has 0 saturated carbocycles. The zero-order valence-corrected chi connectivity index (χ0v) is 20.3. The molecule has 10 heteroatoms. The van der Waals surface area contributed by atoms with E-state index in [1.807, 2.05) is 0 Å². The molecule has 0 radical (unpaired) electrons. The van der Waals surface area contributed by atoms with Crippen molar-refractivity contribution in [3.8, 4) is 5.75 Å². The Balaban J connectivity index is 1.60. The lowest BCUT2D eigenvalue weighted by Crippen LogP contribution is -2.27. The zero-order valence-electron chi connectivity index (χ0n) is 17.1. The molecule has 3 aromatic carbocycles. The standard InChI is InChI=1S/C23H15ClN2O4S3/c1-30-17-7-5-16(6-8-17)25-22(27)21(33-23(25)31)13-14-2-11-20(19(12-14)26(28)29)32-18-9-3-15(24)4-10-18/h2-13H,1H3/b21-13+. The van der Waals surface area contributed by atoms with Gasteiger partial charge in [-0.15, -0.1) is 0 Å². The third-order valence-corrected chi connectivity index (χ3v) is 7.27. The lowest BCUT2D eigenvalue weighted by molar-refractivity contribution is -0.387. The van der Waals surface area contributed by atoms with E-state index in [9.17, 15) is 14.9 Å². The van der Waals surface area contributed by atoms with E-state index in [1.165, 1.54) is 22.7 Å². The van der Waals surface area contributed by atoms with Crippen LogP contribution in [-0.4, -0.2) is 22.3 Å². The summed E-state index contributed by atoms with van der Waals surface area (Å²) < 4.78 is 5.54. The Bertz CT molecular complexity index is 1280. The highest BCUT2D eigenvalue weighted by Crippen LogP contribution is 2.39. The predicted octanol–water partition coefficient (Wildman–Crippen LogP) is 6.81. The minimum absolute atomic E-state index is 0.0469. The molecule has 0 bridgehead atoms. The molecule has 0 atom stereocenters. The Hall–Kier alpha value is -2.85. The van der Waals surface area contributed by atoms with Crippen LogP contribution in [-0.2, 0) is 4.79 Å². The molecule has 0 aromatic heterocycles. The fourth-order valence-corrected chi connectivity index (χ4v) is 5.38. The summed E-state index contributed by atoms with van der Waals surface area (Å²) in [6.45, 7) is 0. The monoisotopic (exact) mass is 514 g/mol. The summed E-state index contributed by atoms with van der Waals surface area (Å²) in [6, 6.07) is 18.9. The molecule has 1 aliphatic rings. The van der Waals surface area contributed by atoms with E-state index >= 15 is 0 Å². The third-order valence-electron chi connectivity index (χ3n) is 4.64. The maximum atomic E-state index is 13.0. The number of nitro benzene ring substituents is 1. The molecule has 6 nitrogen and oxygen atoms in total. The van der Waals surface area contributed by atoms with Gasteiger partial charge in [0, 0.05) is 16.0 Å². The van der Waals surface area contributed by atoms with Crippen LogP contribution in [0.4, 0.5) is 11.4 Å². The fraction of sp³-hybridized carbons (Fsp3) is 0.0435. The van der Waals surface area contributed by atoms with Crippen LogP contribution in [0.15, 0.2) is 81.4 Å². The molecule has 4 rings (SSSR count). The van der Waals surface area contributed by atoms with Gasteiger partial charge >= 0.3 is 0 Å². The zero-order chi connectivity index (χ0) is 23.5. The van der Waals surface area contributed by atoms with Gasteiger partial charge in [-0.05, 0) is 66.2 Å². The number of nitro groups is 1. The number of amides is 1. The van der Waals surface area contributed by atoms with E-state index in [0.717, 1.165) is 16.7 Å². The number of anilines is 1. The lowest BCUT2D eigenvalue weighted by Gasteiger charge is -2.14. The van der Waals surface area contributed by atoms with E-state index in [-0.39, 0.29) is 11.6 Å². The Morgan fingerprint density at radius 1 is 1.12 bits per heavy atom. The van der Waals surface area contributed by atoms with Crippen LogP contribution in [0.25, 0.3) is 6.08 Å². The smallest absolute Gasteiger partial charge is 0.283 e. The summed E-state index contributed by atoms with van der Waals surface area (Å²) in [5.41, 5.74) is 1.12. The molecule has 1 heterocycles. The number of benzene rings is 3. The highest BCUT2D eigenvalue weighted by molar-refractivity contribution is 8.27. The van der Waals surface area contributed by atoms with E-state index in [2.05, 4.69) is 0 Å². The molecule has 1 fully saturated rings. The van der Waals surface area contributed by atoms with Gasteiger partial charge in [0.1, 0.15) is 5.75 Å². The molecule has 1 saturated heterocycles. The van der Waals surface area contributed by atoms with Crippen LogP contribution in [0.1, 0.15) is 5.56 Å². The number of rotatable bonds is 6. The highest BCUT2D eigenvalue weighted by Gasteiger charge is 2.33. The van der Waals surface area contributed by atoms with Crippen LogP contribution in [0.2, 0.25) is 5.02 Å². The molecule has 0 N–H and O–H groups in total. The molecule has 0 spiro atoms. The van der Waals surface area contributed by atoms with Gasteiger partial charge in [0.25, 0.3) is 11.6 Å². The molecule has 166 valence electrons. The lowest BCUT2D eigenvalue weighted by atomic mass is 10.2. The van der Waals surface area contributed by atoms with Crippen molar-refractivity contribution in [3.05, 3.63) is 92.3 Å². The van der Waals surface area contributed by atoms with E-state index in [4.69, 9.17) is 28.6 Å². The fourth-order valence-electron chi connectivity index (χ4n) is 3.06. The minimum atomic E-state index is -0.432. The largest absolute Gasteiger partial charge is 0.497 e. The van der Waals surface area contributed by atoms with E-state index in [1.54, 1.807) is 73.8 Å². The number of halogens is 1. The number of hydrogen-bond acceptors (Lipinski definition) is 7. The highest BCUT2D eigenvalue weighted by atomic mass is 35.5. The third kappa shape index (κ3) is 5.22. The van der Waals surface area contributed by atoms with Crippen molar-refractivity contribution in [2.24, 2.45) is 0 Å². The Morgan fingerprint density at radius 2 is 1.82 bits per heavy atom. The van der Waals surface area contributed by atoms with Crippen molar-refractivity contribution in [1.82, 2.24) is 0 Å². The van der Waals surface area contributed by atoms with Crippen LogP contribution < -0.4 is 9.64 Å². The second kappa shape index (κ2) is 9.96. The van der Waals surface area contributed by atoms with Gasteiger partial charge in [0.15, 0.2) is 4.32 Å². The number of thiocarbonyl (C=S) groups is 1. The number of hydrogen-bond donors (Lipinski definition) is 0. The number of carbonyl (C=O) groups excluding carboxylic acids is 1. The Kier molecular flexibility index (Phi) is 7.04. The molecule has 0 aliphatic carbocycles. The minimum Gasteiger partial charge on any atom is -0.497 e. The van der Waals surface area contributed by atoms with Crippen molar-refractivity contribution < 1.29 is 14.5 Å². The van der Waals surface area contributed by atoms with Crippen molar-refractivity contribution >= 4 is 75.0 Å². The van der Waals surface area contributed by atoms with Gasteiger partial charge in [-0.3, -0.25) is 19.8 Å². The van der Waals surface area contributed by atoms with E-state index in [0.29, 0.717) is 36.1 Å². The van der Waals surface area contributed by atoms with Gasteiger partial charge in [-0.2, -0.15) is 0 Å². The maximum Gasteiger partial charge on any atom is 0.283 e. The van der Waals surface area contributed by atoms with Gasteiger partial charge < -0.3 is 4.74 Å². The normalized spacial score (nSPS) is 14.7. The van der Waals surface area contributed by atoms with Crippen LogP contribution in [0.3, 0.4) is 0 Å². The summed E-state index contributed by atoms with van der Waals surface area (Å²) >= 11 is 13.7. The van der Waals surface area contributed by atoms with Crippen molar-refractivity contribution in [2.45, 2.75) is 9.79 Å². The molecule has 33 heavy (non-hydrogen) atoms. The first kappa shape index (κ1) is 23.3. The summed E-state index contributed by atoms with van der Waals surface area (Å²) in [5, 5.41) is 12.3. The van der Waals surface area contributed by atoms with Gasteiger partial charge in [-0.1, -0.05) is 53.4 Å². The van der Waals surface area contributed by atoms with Gasteiger partial charge in [0.05, 0.1) is 27.5 Å². The first-order valence-corrected chi connectivity index (χ1v) is 11.9. The molecule has 0 unspecified atom stereocenters. The molecule has 3 aromatic rings. The van der Waals surface area contributed by atoms with E-state index < -0.39 is 4.92 Å². The summed E-state index contributed by atoms with van der Waals surface area (Å²) in [6.07, 6.45) is 1.62. The second-order valence-corrected chi connectivity index (χ2v) is 9.98. The number of methoxy groups -OCH3 is 1. The van der Waals surface area contributed by atoms with Gasteiger partial charge in [-0.25, -0.2) is 0 Å². The summed E-state index contributed by atoms with van der Waals surface area (Å²) in [4.78, 5) is 27.4. The summed E-state index contributed by atoms with van der Waals surface area (Å²) in [7, 11) is 1.57. The van der Waals surface area contributed by atoms with Crippen molar-refractivity contribution in [2.75, 3.05) is 12.0 Å². The molecular formula is C23H15ClN2O4S3. The Labute approximate surface area is 208 Å². The molecular weight excluding hydrogens is 500 g/mol. The first-order valence-electron chi connectivity index (χ1n) is 9.49. The van der Waals surface area contributed by atoms with Crippen LogP contribution in [0.5, 0.6) is 5.75 Å². The predicted molar refractivity (Wildman–Crippen MR) is 137 cm³/mol. The quantitative estimate of drug-likeness (QED) is 0.155. The molecule has 1 amide bonds.